The third-order valence-corrected chi connectivity index (χ3v) is 2.10. The maximum absolute atomic E-state index is 5.64. The lowest BCUT2D eigenvalue weighted by atomic mass is 9.99. The topological polar surface area (TPSA) is 18.5 Å². The first kappa shape index (κ1) is 8.75. The molecule has 1 aliphatic heterocycles. The van der Waals surface area contributed by atoms with Crippen molar-refractivity contribution in [2.45, 2.75) is 25.9 Å². The van der Waals surface area contributed by atoms with E-state index in [1.807, 2.05) is 19.1 Å². The van der Waals surface area contributed by atoms with Gasteiger partial charge in [0.2, 0.25) is 0 Å². The molecule has 2 nitrogen and oxygen atoms in total. The normalized spacial score (nSPS) is 22.0. The minimum Gasteiger partial charge on any atom is -0.375 e. The molecule has 1 fully saturated rings. The van der Waals surface area contributed by atoms with E-state index in [1.165, 1.54) is 0 Å². The average molecular weight is 156 g/mol. The van der Waals surface area contributed by atoms with E-state index < -0.39 is 0 Å². The summed E-state index contributed by atoms with van der Waals surface area (Å²) in [5.74, 6) is 0. The van der Waals surface area contributed by atoms with E-state index in [-0.39, 0.29) is 5.60 Å². The van der Waals surface area contributed by atoms with Crippen molar-refractivity contribution in [3.8, 4) is 0 Å². The number of hydrogen-bond donors (Lipinski definition) is 0. The van der Waals surface area contributed by atoms with Gasteiger partial charge in [-0.1, -0.05) is 19.1 Å². The molecule has 1 heterocycles. The molecule has 11 heavy (non-hydrogen) atoms. The van der Waals surface area contributed by atoms with Crippen LogP contribution in [0.25, 0.3) is 0 Å². The van der Waals surface area contributed by atoms with Gasteiger partial charge in [-0.2, -0.15) is 0 Å². The summed E-state index contributed by atoms with van der Waals surface area (Å²) in [6.45, 7) is 6.38. The quantitative estimate of drug-likeness (QED) is 0.577. The Balaban J connectivity index is 2.21. The molecule has 0 aromatic rings. The van der Waals surface area contributed by atoms with Gasteiger partial charge in [0.25, 0.3) is 0 Å². The maximum Gasteiger partial charge on any atom is 0.115 e. The van der Waals surface area contributed by atoms with Crippen molar-refractivity contribution in [1.29, 1.82) is 0 Å². The maximum atomic E-state index is 5.64. The van der Waals surface area contributed by atoms with Crippen LogP contribution in [-0.2, 0) is 9.47 Å². The van der Waals surface area contributed by atoms with Crippen molar-refractivity contribution in [3.05, 3.63) is 12.2 Å². The van der Waals surface area contributed by atoms with Crippen LogP contribution in [0, 0.1) is 0 Å². The SMILES string of the molecule is CC=CCOC1(CC)COC1. The molecule has 0 atom stereocenters. The number of allylic oxidation sites excluding steroid dienone is 1. The highest BCUT2D eigenvalue weighted by Crippen LogP contribution is 2.25. The predicted octanol–water partition coefficient (Wildman–Crippen LogP) is 1.76. The summed E-state index contributed by atoms with van der Waals surface area (Å²) in [6, 6.07) is 0. The van der Waals surface area contributed by atoms with Gasteiger partial charge in [-0.15, -0.1) is 0 Å². The number of rotatable bonds is 4. The fourth-order valence-electron chi connectivity index (χ4n) is 1.04. The third-order valence-electron chi connectivity index (χ3n) is 2.10. The Labute approximate surface area is 68.2 Å². The van der Waals surface area contributed by atoms with Crippen LogP contribution in [0.2, 0.25) is 0 Å². The standard InChI is InChI=1S/C9H16O2/c1-3-5-6-11-9(4-2)7-10-8-9/h3,5H,4,6-8H2,1-2H3. The molecular weight excluding hydrogens is 140 g/mol. The minimum atomic E-state index is 0.0412. The van der Waals surface area contributed by atoms with Crippen LogP contribution in [0.3, 0.4) is 0 Å². The Morgan fingerprint density at radius 1 is 1.55 bits per heavy atom. The molecule has 0 bridgehead atoms. The summed E-state index contributed by atoms with van der Waals surface area (Å²) in [6.07, 6.45) is 5.07. The van der Waals surface area contributed by atoms with Gasteiger partial charge in [0.1, 0.15) is 5.60 Å². The van der Waals surface area contributed by atoms with Gasteiger partial charge < -0.3 is 9.47 Å². The highest BCUT2D eigenvalue weighted by Gasteiger charge is 2.37. The van der Waals surface area contributed by atoms with E-state index in [0.717, 1.165) is 19.6 Å². The molecule has 0 aliphatic carbocycles. The fourth-order valence-corrected chi connectivity index (χ4v) is 1.04. The van der Waals surface area contributed by atoms with E-state index in [4.69, 9.17) is 9.47 Å². The summed E-state index contributed by atoms with van der Waals surface area (Å²) in [7, 11) is 0. The zero-order chi connectivity index (χ0) is 8.16. The fraction of sp³-hybridized carbons (Fsp3) is 0.778. The van der Waals surface area contributed by atoms with Gasteiger partial charge in [0.15, 0.2) is 0 Å². The Bertz CT molecular complexity index is 131. The number of hydrogen-bond acceptors (Lipinski definition) is 2. The minimum absolute atomic E-state index is 0.0412. The summed E-state index contributed by atoms with van der Waals surface area (Å²) >= 11 is 0. The summed E-state index contributed by atoms with van der Waals surface area (Å²) in [5.41, 5.74) is 0.0412. The average Bonchev–Trinajstić information content (AvgIpc) is 1.95. The van der Waals surface area contributed by atoms with Crippen molar-refractivity contribution in [2.75, 3.05) is 19.8 Å². The van der Waals surface area contributed by atoms with E-state index in [1.54, 1.807) is 0 Å². The predicted molar refractivity (Wildman–Crippen MR) is 44.6 cm³/mol. The van der Waals surface area contributed by atoms with Crippen molar-refractivity contribution < 1.29 is 9.47 Å². The van der Waals surface area contributed by atoms with Crippen molar-refractivity contribution in [3.63, 3.8) is 0 Å². The van der Waals surface area contributed by atoms with Crippen molar-refractivity contribution in [1.82, 2.24) is 0 Å². The van der Waals surface area contributed by atoms with Crippen LogP contribution >= 0.6 is 0 Å². The summed E-state index contributed by atoms with van der Waals surface area (Å²) in [5, 5.41) is 0. The van der Waals surface area contributed by atoms with Crippen molar-refractivity contribution in [2.24, 2.45) is 0 Å². The molecule has 1 aliphatic rings. The van der Waals surface area contributed by atoms with Crippen LogP contribution in [0.5, 0.6) is 0 Å². The molecule has 0 amide bonds. The molecule has 0 spiro atoms. The van der Waals surface area contributed by atoms with Gasteiger partial charge >= 0.3 is 0 Å². The molecule has 1 saturated heterocycles. The largest absolute Gasteiger partial charge is 0.375 e. The molecule has 0 aromatic heterocycles. The molecular formula is C9H16O2. The molecule has 0 N–H and O–H groups in total. The van der Waals surface area contributed by atoms with Crippen molar-refractivity contribution >= 4 is 0 Å². The van der Waals surface area contributed by atoms with Crippen LogP contribution in [0.15, 0.2) is 12.2 Å². The lowest BCUT2D eigenvalue weighted by Gasteiger charge is -2.40. The second-order valence-electron chi connectivity index (χ2n) is 2.91. The van der Waals surface area contributed by atoms with Gasteiger partial charge in [-0.3, -0.25) is 0 Å². The first-order chi connectivity index (χ1) is 5.33. The molecule has 0 aromatic carbocycles. The lowest BCUT2D eigenvalue weighted by molar-refractivity contribution is -0.205. The highest BCUT2D eigenvalue weighted by molar-refractivity contribution is 4.88. The van der Waals surface area contributed by atoms with E-state index in [2.05, 4.69) is 6.92 Å². The van der Waals surface area contributed by atoms with Gasteiger partial charge in [-0.05, 0) is 13.3 Å². The Kier molecular flexibility index (Phi) is 3.09. The zero-order valence-electron chi connectivity index (χ0n) is 7.30. The first-order valence-corrected chi connectivity index (χ1v) is 4.16. The molecule has 0 radical (unpaired) electrons. The van der Waals surface area contributed by atoms with Crippen LogP contribution in [-0.4, -0.2) is 25.4 Å². The van der Waals surface area contributed by atoms with Gasteiger partial charge in [-0.25, -0.2) is 0 Å². The smallest absolute Gasteiger partial charge is 0.115 e. The van der Waals surface area contributed by atoms with Gasteiger partial charge in [0, 0.05) is 0 Å². The Hall–Kier alpha value is -0.340. The Morgan fingerprint density at radius 2 is 2.27 bits per heavy atom. The molecule has 1 rings (SSSR count). The second-order valence-corrected chi connectivity index (χ2v) is 2.91. The monoisotopic (exact) mass is 156 g/mol. The van der Waals surface area contributed by atoms with Crippen LogP contribution in [0.1, 0.15) is 20.3 Å². The molecule has 2 heteroatoms. The number of ether oxygens (including phenoxy) is 2. The highest BCUT2D eigenvalue weighted by atomic mass is 16.6. The third kappa shape index (κ3) is 2.04. The first-order valence-electron chi connectivity index (χ1n) is 4.16. The zero-order valence-corrected chi connectivity index (χ0v) is 7.30. The van der Waals surface area contributed by atoms with Gasteiger partial charge in [0.05, 0.1) is 19.8 Å². The Morgan fingerprint density at radius 3 is 2.64 bits per heavy atom. The van der Waals surface area contributed by atoms with Crippen LogP contribution in [0.4, 0.5) is 0 Å². The lowest BCUT2D eigenvalue weighted by Crippen LogP contribution is -2.51. The van der Waals surface area contributed by atoms with E-state index in [9.17, 15) is 0 Å². The van der Waals surface area contributed by atoms with E-state index in [0.29, 0.717) is 6.61 Å². The molecule has 0 unspecified atom stereocenters. The summed E-state index contributed by atoms with van der Waals surface area (Å²) in [4.78, 5) is 0. The van der Waals surface area contributed by atoms with Crippen LogP contribution < -0.4 is 0 Å². The molecule has 64 valence electrons. The second kappa shape index (κ2) is 3.88. The van der Waals surface area contributed by atoms with E-state index >= 15 is 0 Å². The molecule has 0 saturated carbocycles. The summed E-state index contributed by atoms with van der Waals surface area (Å²) < 4.78 is 10.8.